The Morgan fingerprint density at radius 2 is 1.93 bits per heavy atom. The Hall–Kier alpha value is -0.200. The molecule has 1 fully saturated rings. The number of ether oxygens (including phenoxy) is 3. The lowest BCUT2D eigenvalue weighted by molar-refractivity contribution is -0.279. The number of methoxy groups -OCH3 is 2. The minimum Gasteiger partial charge on any atom is -0.394 e. The summed E-state index contributed by atoms with van der Waals surface area (Å²) in [7, 11) is 3.00. The van der Waals surface area contributed by atoms with E-state index in [-0.39, 0.29) is 12.5 Å². The van der Waals surface area contributed by atoms with Gasteiger partial charge < -0.3 is 24.4 Å². The molecule has 0 bridgehead atoms. The zero-order valence-electron chi connectivity index (χ0n) is 8.71. The first kappa shape index (κ1) is 11.9. The Balaban J connectivity index is 2.71. The third-order valence-corrected chi connectivity index (χ3v) is 2.66. The minimum absolute atomic E-state index is 0.173. The summed E-state index contributed by atoms with van der Waals surface area (Å²) < 4.78 is 15.5. The molecular weight excluding hydrogens is 188 g/mol. The van der Waals surface area contributed by atoms with Crippen molar-refractivity contribution in [2.75, 3.05) is 20.8 Å². The maximum atomic E-state index is 9.84. The third kappa shape index (κ3) is 2.07. The Kier molecular flexibility index (Phi) is 4.28. The van der Waals surface area contributed by atoms with Crippen molar-refractivity contribution in [1.29, 1.82) is 0 Å². The van der Waals surface area contributed by atoms with Crippen LogP contribution in [0, 0.1) is 5.92 Å². The highest BCUT2D eigenvalue weighted by molar-refractivity contribution is 4.87. The first-order chi connectivity index (χ1) is 6.65. The molecule has 0 amide bonds. The van der Waals surface area contributed by atoms with E-state index in [1.54, 1.807) is 0 Å². The summed E-state index contributed by atoms with van der Waals surface area (Å²) in [5, 5.41) is 18.9. The number of aliphatic hydroxyl groups is 2. The van der Waals surface area contributed by atoms with Gasteiger partial charge in [0, 0.05) is 20.1 Å². The van der Waals surface area contributed by atoms with Gasteiger partial charge in [0.1, 0.15) is 12.2 Å². The van der Waals surface area contributed by atoms with Gasteiger partial charge in [0.15, 0.2) is 6.29 Å². The van der Waals surface area contributed by atoms with Crippen LogP contribution >= 0.6 is 0 Å². The standard InChI is InChI=1S/C9H18O5/c1-5-7(11)8(12-2)6(4-10)14-9(5)13-3/h5-11H,4H2,1-3H3/t5-,6?,7+,8+,9?/m0/s1. The van der Waals surface area contributed by atoms with Crippen molar-refractivity contribution in [1.82, 2.24) is 0 Å². The molecule has 5 heteroatoms. The van der Waals surface area contributed by atoms with E-state index in [0.717, 1.165) is 0 Å². The predicted octanol–water partition coefficient (Wildman–Crippen LogP) is -0.638. The fourth-order valence-electron chi connectivity index (χ4n) is 1.76. The average Bonchev–Trinajstić information content (AvgIpc) is 2.21. The van der Waals surface area contributed by atoms with Crippen molar-refractivity contribution in [2.24, 2.45) is 5.92 Å². The summed E-state index contributed by atoms with van der Waals surface area (Å²) in [5.41, 5.74) is 0. The van der Waals surface area contributed by atoms with Crippen LogP contribution in [0.3, 0.4) is 0 Å². The van der Waals surface area contributed by atoms with E-state index < -0.39 is 24.6 Å². The van der Waals surface area contributed by atoms with Gasteiger partial charge in [-0.25, -0.2) is 0 Å². The normalized spacial score (nSPS) is 43.9. The Morgan fingerprint density at radius 1 is 1.29 bits per heavy atom. The molecule has 1 rings (SSSR count). The van der Waals surface area contributed by atoms with Gasteiger partial charge in [-0.1, -0.05) is 6.92 Å². The molecule has 0 spiro atoms. The lowest BCUT2D eigenvalue weighted by Crippen LogP contribution is -2.55. The van der Waals surface area contributed by atoms with Gasteiger partial charge in [-0.2, -0.15) is 0 Å². The first-order valence-corrected chi connectivity index (χ1v) is 4.65. The maximum Gasteiger partial charge on any atom is 0.162 e. The molecule has 1 heterocycles. The number of rotatable bonds is 3. The SMILES string of the molecule is COC1OC(CO)[C@@H](OC)[C@H](O)[C@@H]1C. The van der Waals surface area contributed by atoms with Crippen LogP contribution in [0.2, 0.25) is 0 Å². The molecule has 5 nitrogen and oxygen atoms in total. The van der Waals surface area contributed by atoms with Gasteiger partial charge in [0.25, 0.3) is 0 Å². The molecule has 2 unspecified atom stereocenters. The van der Waals surface area contributed by atoms with Gasteiger partial charge in [-0.3, -0.25) is 0 Å². The molecule has 0 aromatic heterocycles. The van der Waals surface area contributed by atoms with E-state index in [4.69, 9.17) is 19.3 Å². The van der Waals surface area contributed by atoms with Crippen molar-refractivity contribution in [2.45, 2.75) is 31.5 Å². The molecule has 5 atom stereocenters. The van der Waals surface area contributed by atoms with Crippen molar-refractivity contribution in [3.8, 4) is 0 Å². The second-order valence-electron chi connectivity index (χ2n) is 3.51. The lowest BCUT2D eigenvalue weighted by Gasteiger charge is -2.41. The summed E-state index contributed by atoms with van der Waals surface area (Å²) in [6.07, 6.45) is -2.21. The van der Waals surface area contributed by atoms with Crippen LogP contribution < -0.4 is 0 Å². The molecule has 0 saturated carbocycles. The predicted molar refractivity (Wildman–Crippen MR) is 48.7 cm³/mol. The second kappa shape index (κ2) is 5.04. The van der Waals surface area contributed by atoms with Crippen LogP contribution in [0.15, 0.2) is 0 Å². The van der Waals surface area contributed by atoms with Crippen LogP contribution in [-0.4, -0.2) is 55.6 Å². The molecule has 1 saturated heterocycles. The van der Waals surface area contributed by atoms with E-state index in [1.165, 1.54) is 14.2 Å². The van der Waals surface area contributed by atoms with Gasteiger partial charge in [0.05, 0.1) is 12.7 Å². The van der Waals surface area contributed by atoms with Crippen LogP contribution in [0.4, 0.5) is 0 Å². The topological polar surface area (TPSA) is 68.2 Å². The molecule has 1 aliphatic rings. The van der Waals surface area contributed by atoms with E-state index in [1.807, 2.05) is 6.92 Å². The van der Waals surface area contributed by atoms with E-state index in [0.29, 0.717) is 0 Å². The van der Waals surface area contributed by atoms with Crippen LogP contribution in [-0.2, 0) is 14.2 Å². The fourth-order valence-corrected chi connectivity index (χ4v) is 1.76. The summed E-state index contributed by atoms with van der Waals surface area (Å²) in [5.74, 6) is -0.173. The van der Waals surface area contributed by atoms with E-state index in [9.17, 15) is 5.11 Å². The summed E-state index contributed by atoms with van der Waals surface area (Å²) >= 11 is 0. The van der Waals surface area contributed by atoms with Gasteiger partial charge >= 0.3 is 0 Å². The molecule has 1 aliphatic heterocycles. The highest BCUT2D eigenvalue weighted by Gasteiger charge is 2.43. The van der Waals surface area contributed by atoms with E-state index in [2.05, 4.69) is 0 Å². The van der Waals surface area contributed by atoms with Crippen LogP contribution in [0.5, 0.6) is 0 Å². The summed E-state index contributed by atoms with van der Waals surface area (Å²) in [4.78, 5) is 0. The lowest BCUT2D eigenvalue weighted by atomic mass is 9.92. The van der Waals surface area contributed by atoms with E-state index >= 15 is 0 Å². The zero-order valence-corrected chi connectivity index (χ0v) is 8.71. The molecular formula is C9H18O5. The Morgan fingerprint density at radius 3 is 2.36 bits per heavy atom. The summed E-state index contributed by atoms with van der Waals surface area (Å²) in [6, 6.07) is 0. The quantitative estimate of drug-likeness (QED) is 0.643. The van der Waals surface area contributed by atoms with Crippen LogP contribution in [0.1, 0.15) is 6.92 Å². The minimum atomic E-state index is -0.684. The largest absolute Gasteiger partial charge is 0.394 e. The maximum absolute atomic E-state index is 9.84. The van der Waals surface area contributed by atoms with Crippen molar-refractivity contribution < 1.29 is 24.4 Å². The molecule has 0 aliphatic carbocycles. The third-order valence-electron chi connectivity index (χ3n) is 2.66. The Labute approximate surface area is 83.6 Å². The molecule has 0 radical (unpaired) electrons. The fraction of sp³-hybridized carbons (Fsp3) is 1.00. The van der Waals surface area contributed by atoms with Gasteiger partial charge in [-0.15, -0.1) is 0 Å². The first-order valence-electron chi connectivity index (χ1n) is 4.65. The zero-order chi connectivity index (χ0) is 10.7. The Bertz CT molecular complexity index is 173. The molecule has 2 N–H and O–H groups in total. The molecule has 14 heavy (non-hydrogen) atoms. The number of hydrogen-bond donors (Lipinski definition) is 2. The van der Waals surface area contributed by atoms with Gasteiger partial charge in [-0.05, 0) is 0 Å². The second-order valence-corrected chi connectivity index (χ2v) is 3.51. The average molecular weight is 206 g/mol. The molecule has 0 aromatic rings. The van der Waals surface area contributed by atoms with Crippen molar-refractivity contribution >= 4 is 0 Å². The highest BCUT2D eigenvalue weighted by Crippen LogP contribution is 2.27. The monoisotopic (exact) mass is 206 g/mol. The van der Waals surface area contributed by atoms with Crippen molar-refractivity contribution in [3.63, 3.8) is 0 Å². The van der Waals surface area contributed by atoms with Crippen molar-refractivity contribution in [3.05, 3.63) is 0 Å². The smallest absolute Gasteiger partial charge is 0.162 e. The molecule has 84 valence electrons. The van der Waals surface area contributed by atoms with Gasteiger partial charge in [0.2, 0.25) is 0 Å². The number of aliphatic hydroxyl groups excluding tert-OH is 2. The summed E-state index contributed by atoms with van der Waals surface area (Å²) in [6.45, 7) is 1.63. The highest BCUT2D eigenvalue weighted by atomic mass is 16.7. The number of hydrogen-bond acceptors (Lipinski definition) is 5. The molecule has 0 aromatic carbocycles. The van der Waals surface area contributed by atoms with Crippen LogP contribution in [0.25, 0.3) is 0 Å².